The van der Waals surface area contributed by atoms with Gasteiger partial charge in [0.1, 0.15) is 11.8 Å². The number of carbonyl (C=O) groups excluding carboxylic acids is 2. The molecule has 0 saturated carbocycles. The van der Waals surface area contributed by atoms with Gasteiger partial charge in [-0.05, 0) is 43.2 Å². The Morgan fingerprint density at radius 3 is 2.50 bits per heavy atom. The summed E-state index contributed by atoms with van der Waals surface area (Å²) in [5, 5.41) is 2.59. The first-order chi connectivity index (χ1) is 12.4. The van der Waals surface area contributed by atoms with Crippen molar-refractivity contribution in [1.82, 2.24) is 10.2 Å². The maximum Gasteiger partial charge on any atom is 0.261 e. The van der Waals surface area contributed by atoms with Crippen LogP contribution in [-0.2, 0) is 16.1 Å². The summed E-state index contributed by atoms with van der Waals surface area (Å²) in [7, 11) is 1.56. The highest BCUT2D eigenvalue weighted by molar-refractivity contribution is 9.10. The zero-order chi connectivity index (χ0) is 19.1. The predicted octanol–water partition coefficient (Wildman–Crippen LogP) is 3.30. The Hall–Kier alpha value is -2.34. The molecule has 0 heterocycles. The van der Waals surface area contributed by atoms with Gasteiger partial charge in [0.05, 0.1) is 0 Å². The minimum atomic E-state index is -0.594. The van der Waals surface area contributed by atoms with Gasteiger partial charge >= 0.3 is 0 Å². The zero-order valence-corrected chi connectivity index (χ0v) is 16.7. The van der Waals surface area contributed by atoms with Crippen molar-refractivity contribution in [2.45, 2.75) is 26.4 Å². The molecule has 26 heavy (non-hydrogen) atoms. The van der Waals surface area contributed by atoms with E-state index in [0.717, 1.165) is 15.6 Å². The van der Waals surface area contributed by atoms with E-state index in [1.54, 1.807) is 20.0 Å². The molecule has 138 valence electrons. The number of nitrogens with one attached hydrogen (secondary N) is 1. The van der Waals surface area contributed by atoms with E-state index >= 15 is 0 Å². The van der Waals surface area contributed by atoms with E-state index in [9.17, 15) is 9.59 Å². The van der Waals surface area contributed by atoms with Crippen molar-refractivity contribution < 1.29 is 14.3 Å². The van der Waals surface area contributed by atoms with Crippen LogP contribution in [0.15, 0.2) is 53.0 Å². The number of halogens is 1. The highest BCUT2D eigenvalue weighted by Crippen LogP contribution is 2.21. The molecule has 0 bridgehead atoms. The second-order valence-corrected chi connectivity index (χ2v) is 6.85. The standard InChI is InChI=1S/C20H23BrN2O3/c1-14-11-17(9-10-18(14)21)26-13-19(24)23(15(2)20(25)22-3)12-16-7-5-4-6-8-16/h4-11,15H,12-13H2,1-3H3,(H,22,25). The Bertz CT molecular complexity index is 765. The first-order valence-corrected chi connectivity index (χ1v) is 9.15. The summed E-state index contributed by atoms with van der Waals surface area (Å²) >= 11 is 3.44. The fourth-order valence-electron chi connectivity index (χ4n) is 2.51. The van der Waals surface area contributed by atoms with Gasteiger partial charge < -0.3 is 15.0 Å². The van der Waals surface area contributed by atoms with Crippen LogP contribution in [0.3, 0.4) is 0 Å². The Kier molecular flexibility index (Phi) is 7.21. The quantitative estimate of drug-likeness (QED) is 0.750. The van der Waals surface area contributed by atoms with Gasteiger partial charge in [-0.25, -0.2) is 0 Å². The van der Waals surface area contributed by atoms with E-state index in [-0.39, 0.29) is 18.4 Å². The molecule has 0 aliphatic carbocycles. The predicted molar refractivity (Wildman–Crippen MR) is 105 cm³/mol. The summed E-state index contributed by atoms with van der Waals surface area (Å²) in [6.07, 6.45) is 0. The first-order valence-electron chi connectivity index (χ1n) is 8.36. The van der Waals surface area contributed by atoms with Crippen molar-refractivity contribution in [2.24, 2.45) is 0 Å². The van der Waals surface area contributed by atoms with Gasteiger partial charge in [-0.1, -0.05) is 46.3 Å². The highest BCUT2D eigenvalue weighted by Gasteiger charge is 2.25. The molecule has 0 aromatic heterocycles. The highest BCUT2D eigenvalue weighted by atomic mass is 79.9. The topological polar surface area (TPSA) is 58.6 Å². The maximum atomic E-state index is 12.7. The average molecular weight is 419 g/mol. The van der Waals surface area contributed by atoms with E-state index < -0.39 is 6.04 Å². The molecule has 1 unspecified atom stereocenters. The molecule has 2 rings (SSSR count). The Morgan fingerprint density at radius 2 is 1.88 bits per heavy atom. The number of hydrogen-bond donors (Lipinski definition) is 1. The minimum absolute atomic E-state index is 0.130. The molecule has 1 N–H and O–H groups in total. The number of amides is 2. The van der Waals surface area contributed by atoms with E-state index in [1.165, 1.54) is 4.90 Å². The molecule has 2 aromatic carbocycles. The molecule has 6 heteroatoms. The number of nitrogens with zero attached hydrogens (tertiary/aromatic N) is 1. The summed E-state index contributed by atoms with van der Waals surface area (Å²) in [4.78, 5) is 26.3. The lowest BCUT2D eigenvalue weighted by Gasteiger charge is -2.28. The van der Waals surface area contributed by atoms with Crippen LogP contribution in [-0.4, -0.2) is 36.4 Å². The maximum absolute atomic E-state index is 12.7. The van der Waals surface area contributed by atoms with Crippen LogP contribution < -0.4 is 10.1 Å². The van der Waals surface area contributed by atoms with E-state index in [4.69, 9.17) is 4.74 Å². The smallest absolute Gasteiger partial charge is 0.261 e. The van der Waals surface area contributed by atoms with Gasteiger partial charge in [-0.2, -0.15) is 0 Å². The monoisotopic (exact) mass is 418 g/mol. The summed E-state index contributed by atoms with van der Waals surface area (Å²) in [6.45, 7) is 3.88. The van der Waals surface area contributed by atoms with Gasteiger partial charge in [0, 0.05) is 18.1 Å². The largest absolute Gasteiger partial charge is 0.484 e. The second-order valence-electron chi connectivity index (χ2n) is 6.00. The zero-order valence-electron chi connectivity index (χ0n) is 15.2. The number of benzene rings is 2. The minimum Gasteiger partial charge on any atom is -0.484 e. The van der Waals surface area contributed by atoms with Gasteiger partial charge in [0.2, 0.25) is 5.91 Å². The third-order valence-electron chi connectivity index (χ3n) is 4.10. The number of likely N-dealkylation sites (N-methyl/N-ethyl adjacent to an activating group) is 1. The molecule has 1 atom stereocenters. The van der Waals surface area contributed by atoms with E-state index in [2.05, 4.69) is 21.2 Å². The van der Waals surface area contributed by atoms with Crippen molar-refractivity contribution in [1.29, 1.82) is 0 Å². The lowest BCUT2D eigenvalue weighted by molar-refractivity contribution is -0.142. The van der Waals surface area contributed by atoms with E-state index in [0.29, 0.717) is 12.3 Å². The van der Waals surface area contributed by atoms with Crippen molar-refractivity contribution >= 4 is 27.7 Å². The molecule has 0 fully saturated rings. The number of rotatable bonds is 7. The summed E-state index contributed by atoms with van der Waals surface area (Å²) in [5.74, 6) is 0.158. The van der Waals surface area contributed by atoms with Crippen LogP contribution in [0, 0.1) is 6.92 Å². The van der Waals surface area contributed by atoms with Crippen molar-refractivity contribution in [3.63, 3.8) is 0 Å². The summed E-state index contributed by atoms with van der Waals surface area (Å²) in [6, 6.07) is 14.5. The Morgan fingerprint density at radius 1 is 1.19 bits per heavy atom. The fraction of sp³-hybridized carbons (Fsp3) is 0.300. The molecule has 0 saturated heterocycles. The van der Waals surface area contributed by atoms with Crippen LogP contribution in [0.4, 0.5) is 0 Å². The third kappa shape index (κ3) is 5.33. The fourth-order valence-corrected chi connectivity index (χ4v) is 2.75. The second kappa shape index (κ2) is 9.38. The summed E-state index contributed by atoms with van der Waals surface area (Å²) < 4.78 is 6.62. The third-order valence-corrected chi connectivity index (χ3v) is 4.99. The lowest BCUT2D eigenvalue weighted by atomic mass is 10.1. The number of aryl methyl sites for hydroxylation is 1. The average Bonchev–Trinajstić information content (AvgIpc) is 2.66. The first kappa shape index (κ1) is 20.0. The van der Waals surface area contributed by atoms with Crippen molar-refractivity contribution in [2.75, 3.05) is 13.7 Å². The molecular formula is C20H23BrN2O3. The van der Waals surface area contributed by atoms with Crippen LogP contribution in [0.25, 0.3) is 0 Å². The molecule has 0 aliphatic rings. The van der Waals surface area contributed by atoms with Crippen LogP contribution in [0.2, 0.25) is 0 Å². The number of ether oxygens (including phenoxy) is 1. The molecule has 0 aliphatic heterocycles. The molecule has 0 spiro atoms. The molecule has 2 amide bonds. The van der Waals surface area contributed by atoms with Crippen LogP contribution >= 0.6 is 15.9 Å². The molecule has 2 aromatic rings. The molecule has 5 nitrogen and oxygen atoms in total. The SMILES string of the molecule is CNC(=O)C(C)N(Cc1ccccc1)C(=O)COc1ccc(Br)c(C)c1. The molecular weight excluding hydrogens is 396 g/mol. The van der Waals surface area contributed by atoms with Crippen LogP contribution in [0.5, 0.6) is 5.75 Å². The van der Waals surface area contributed by atoms with Gasteiger partial charge in [-0.3, -0.25) is 9.59 Å². The van der Waals surface area contributed by atoms with Crippen molar-refractivity contribution in [3.05, 3.63) is 64.1 Å². The normalized spacial score (nSPS) is 11.5. The van der Waals surface area contributed by atoms with E-state index in [1.807, 2.05) is 49.4 Å². The Labute approximate surface area is 162 Å². The van der Waals surface area contributed by atoms with Crippen LogP contribution in [0.1, 0.15) is 18.1 Å². The van der Waals surface area contributed by atoms with Gasteiger partial charge in [-0.15, -0.1) is 0 Å². The summed E-state index contributed by atoms with van der Waals surface area (Å²) in [5.41, 5.74) is 1.98. The number of carbonyl (C=O) groups is 2. The van der Waals surface area contributed by atoms with Gasteiger partial charge in [0.25, 0.3) is 5.91 Å². The van der Waals surface area contributed by atoms with Gasteiger partial charge in [0.15, 0.2) is 6.61 Å². The van der Waals surface area contributed by atoms with Crippen molar-refractivity contribution in [3.8, 4) is 5.75 Å². The number of hydrogen-bond acceptors (Lipinski definition) is 3. The lowest BCUT2D eigenvalue weighted by Crippen LogP contribution is -2.48. The molecule has 0 radical (unpaired) electrons. The Balaban J connectivity index is 2.11.